The van der Waals surface area contributed by atoms with E-state index in [0.717, 1.165) is 56.9 Å². The van der Waals surface area contributed by atoms with Gasteiger partial charge in [-0.05, 0) is 83.8 Å². The van der Waals surface area contributed by atoms with Gasteiger partial charge in [-0.2, -0.15) is 0 Å². The van der Waals surface area contributed by atoms with Crippen LogP contribution in [0, 0.1) is 9.20 Å². The van der Waals surface area contributed by atoms with Crippen molar-refractivity contribution >= 4 is 103 Å². The molecule has 8 rings (SSSR count). The van der Waals surface area contributed by atoms with Gasteiger partial charge in [-0.1, -0.05) is 130 Å². The Morgan fingerprint density at radius 1 is 0.828 bits per heavy atom. The third kappa shape index (κ3) is 9.71. The van der Waals surface area contributed by atoms with Gasteiger partial charge in [0.25, 0.3) is 17.0 Å². The fraction of sp³-hybridized carbons (Fsp3) is 0.260. The summed E-state index contributed by atoms with van der Waals surface area (Å²) in [7, 11) is 0. The summed E-state index contributed by atoms with van der Waals surface area (Å²) in [6.07, 6.45) is 8.92. The predicted octanol–water partition coefficient (Wildman–Crippen LogP) is 9.53. The number of aliphatic carboxylic acids is 1. The third-order valence-electron chi connectivity index (χ3n) is 11.5. The molecule has 9 nitrogen and oxygen atoms in total. The van der Waals surface area contributed by atoms with Crippen LogP contribution in [0.2, 0.25) is 0 Å². The Morgan fingerprint density at radius 2 is 1.53 bits per heavy atom. The van der Waals surface area contributed by atoms with Crippen LogP contribution in [0.1, 0.15) is 74.6 Å². The van der Waals surface area contributed by atoms with Crippen LogP contribution < -0.4 is 25.2 Å². The van der Waals surface area contributed by atoms with Gasteiger partial charge in [0.05, 0.1) is 24.0 Å². The van der Waals surface area contributed by atoms with Gasteiger partial charge in [-0.15, -0.1) is 34.4 Å². The van der Waals surface area contributed by atoms with E-state index in [2.05, 4.69) is 68.1 Å². The third-order valence-corrected chi connectivity index (χ3v) is 16.7. The molecule has 1 saturated heterocycles. The zero-order valence-electron chi connectivity index (χ0n) is 35.8. The van der Waals surface area contributed by atoms with E-state index in [-0.39, 0.29) is 59.6 Å². The normalized spacial score (nSPS) is 17.9. The lowest BCUT2D eigenvalue weighted by atomic mass is 9.96. The first-order chi connectivity index (χ1) is 31.0. The highest BCUT2D eigenvalue weighted by atomic mass is 32.2. The number of unbranched alkanes of at least 4 members (excludes halogenated alkanes) is 2. The van der Waals surface area contributed by atoms with E-state index in [9.17, 15) is 24.3 Å². The van der Waals surface area contributed by atoms with Crippen LogP contribution in [0.15, 0.2) is 124 Å². The summed E-state index contributed by atoms with van der Waals surface area (Å²) < 4.78 is 4.72. The van der Waals surface area contributed by atoms with Gasteiger partial charge >= 0.3 is 5.97 Å². The molecule has 2 unspecified atom stereocenters. The molecule has 4 heterocycles. The largest absolute Gasteiger partial charge is 0.481 e. The Balaban J connectivity index is 1.17. The SMILES string of the molecule is CCCCCSc1ccc(N2c3ccc(C=CC=c4s/c(=c5/s/c(=C6/SC(=S)N(Cc7ccccc7)C6=O)n(Cc6ccccc6)c5=O)n(CCC(=O)O)c4=O)cc3C(C)C2C)cc1. The molecule has 1 N–H and O–H groups in total. The van der Waals surface area contributed by atoms with E-state index in [1.165, 1.54) is 45.7 Å². The molecule has 64 heavy (non-hydrogen) atoms. The number of benzene rings is 4. The second-order valence-corrected chi connectivity index (χ2v) is 20.7. The number of nitrogens with zero attached hydrogens (tertiary/aromatic N) is 4. The van der Waals surface area contributed by atoms with E-state index in [4.69, 9.17) is 12.2 Å². The molecule has 0 saturated carbocycles. The second kappa shape index (κ2) is 20.3. The van der Waals surface area contributed by atoms with Gasteiger partial charge in [0.2, 0.25) is 0 Å². The number of rotatable bonds is 15. The van der Waals surface area contributed by atoms with Crippen LogP contribution in [0.25, 0.3) is 17.1 Å². The number of hydrogen-bond acceptors (Lipinski definition) is 10. The first kappa shape index (κ1) is 45.3. The van der Waals surface area contributed by atoms with Crippen LogP contribution in [0.3, 0.4) is 0 Å². The molecule has 0 aliphatic carbocycles. The first-order valence-electron chi connectivity index (χ1n) is 21.4. The monoisotopic (exact) mass is 944 g/mol. The number of carboxylic acids is 1. The summed E-state index contributed by atoms with van der Waals surface area (Å²) in [5.74, 6) is 0.0587. The van der Waals surface area contributed by atoms with E-state index in [1.54, 1.807) is 15.5 Å². The maximum absolute atomic E-state index is 14.6. The van der Waals surface area contributed by atoms with Gasteiger partial charge in [-0.3, -0.25) is 33.2 Å². The number of thioether (sulfide) groups is 2. The lowest BCUT2D eigenvalue weighted by Gasteiger charge is -2.26. The van der Waals surface area contributed by atoms with Crippen LogP contribution in [-0.2, 0) is 29.2 Å². The summed E-state index contributed by atoms with van der Waals surface area (Å²) in [4.78, 5) is 60.2. The lowest BCUT2D eigenvalue weighted by molar-refractivity contribution is -0.137. The molecule has 1 fully saturated rings. The Hall–Kier alpha value is -5.25. The van der Waals surface area contributed by atoms with Crippen molar-refractivity contribution in [1.29, 1.82) is 0 Å². The molecular weight excluding hydrogens is 897 g/mol. The zero-order valence-corrected chi connectivity index (χ0v) is 39.9. The Kier molecular flexibility index (Phi) is 14.4. The molecule has 0 radical (unpaired) electrons. The van der Waals surface area contributed by atoms with Crippen LogP contribution in [-0.4, -0.2) is 47.1 Å². The number of fused-ring (bicyclic) bond motifs is 1. The predicted molar refractivity (Wildman–Crippen MR) is 269 cm³/mol. The molecule has 0 spiro atoms. The second-order valence-electron chi connectivity index (χ2n) is 15.9. The van der Waals surface area contributed by atoms with Crippen molar-refractivity contribution in [3.05, 3.63) is 171 Å². The molecule has 6 aromatic rings. The van der Waals surface area contributed by atoms with Crippen molar-refractivity contribution in [2.45, 2.75) is 82.9 Å². The molecule has 0 bridgehead atoms. The quantitative estimate of drug-likeness (QED) is 0.0613. The van der Waals surface area contributed by atoms with Crippen molar-refractivity contribution in [3.63, 3.8) is 0 Å². The first-order valence-corrected chi connectivity index (χ1v) is 25.2. The van der Waals surface area contributed by atoms with Crippen molar-refractivity contribution in [3.8, 4) is 0 Å². The number of allylic oxidation sites excluding steroid dienone is 1. The highest BCUT2D eigenvalue weighted by Crippen LogP contribution is 2.45. The molecule has 328 valence electrons. The summed E-state index contributed by atoms with van der Waals surface area (Å²) in [5.41, 5.74) is 5.60. The van der Waals surface area contributed by atoms with Gasteiger partial charge in [-0.25, -0.2) is 0 Å². The Bertz CT molecular complexity index is 3080. The topological polar surface area (TPSA) is 105 Å². The average Bonchev–Trinajstić information content (AvgIpc) is 3.96. The molecule has 2 atom stereocenters. The number of carbonyl (C=O) groups excluding carboxylic acids is 1. The summed E-state index contributed by atoms with van der Waals surface area (Å²) in [5, 5.41) is 9.68. The number of aromatic nitrogens is 2. The maximum Gasteiger partial charge on any atom is 0.305 e. The standard InChI is InChI=1S/C50H48N4O5S5/c1-4-5-12-28-61-38-23-21-37(22-24-38)54-33(3)32(2)39-29-34(20-25-40(39)54)18-13-19-41-45(57)51(27-26-42(55)56)48(62-41)43-46(58)52(30-35-14-8-6-9-15-35)49(63-43)44-47(59)53(50(60)64-44)31-36-16-10-7-11-17-36/h6-11,13-25,29,32-33H,4-5,12,26-28,30-31H2,1-3H3,(H,55,56)/b18-13?,41-19?,48-43+,49-44+. The maximum atomic E-state index is 14.6. The highest BCUT2D eigenvalue weighted by molar-refractivity contribution is 8.30. The zero-order chi connectivity index (χ0) is 44.9. The molecule has 14 heteroatoms. The highest BCUT2D eigenvalue weighted by Gasteiger charge is 2.35. The molecule has 2 aliphatic heterocycles. The molecule has 2 aliphatic rings. The number of thiocarbonyl (C=S) groups is 1. The number of amides is 1. The minimum Gasteiger partial charge on any atom is -0.481 e. The van der Waals surface area contributed by atoms with Gasteiger partial charge < -0.3 is 10.0 Å². The van der Waals surface area contributed by atoms with Crippen molar-refractivity contribution in [1.82, 2.24) is 14.0 Å². The minimum absolute atomic E-state index is 0.125. The van der Waals surface area contributed by atoms with Gasteiger partial charge in [0, 0.05) is 34.8 Å². The van der Waals surface area contributed by atoms with E-state index in [1.807, 2.05) is 84.6 Å². The summed E-state index contributed by atoms with van der Waals surface area (Å²) >= 11 is 11.0. The molecule has 2 aromatic heterocycles. The fourth-order valence-corrected chi connectivity index (χ4v) is 12.7. The Labute approximate surface area is 393 Å². The van der Waals surface area contributed by atoms with Crippen molar-refractivity contribution in [2.75, 3.05) is 10.7 Å². The minimum atomic E-state index is -1.06. The van der Waals surface area contributed by atoms with Crippen LogP contribution in [0.5, 0.6) is 0 Å². The average molecular weight is 945 g/mol. The van der Waals surface area contributed by atoms with Crippen LogP contribution in [0.4, 0.5) is 11.4 Å². The Morgan fingerprint density at radius 3 is 2.22 bits per heavy atom. The fourth-order valence-electron chi connectivity index (χ4n) is 8.00. The molecule has 4 aromatic carbocycles. The van der Waals surface area contributed by atoms with Crippen LogP contribution >= 0.6 is 58.4 Å². The summed E-state index contributed by atoms with van der Waals surface area (Å²) in [6, 6.07) is 34.7. The number of thiazole rings is 2. The van der Waals surface area contributed by atoms with Crippen molar-refractivity contribution < 1.29 is 14.7 Å². The van der Waals surface area contributed by atoms with E-state index >= 15 is 0 Å². The number of hydrogen-bond donors (Lipinski definition) is 1. The number of carbonyl (C=O) groups is 2. The van der Waals surface area contributed by atoms with E-state index < -0.39 is 5.97 Å². The number of anilines is 2. The molecular formula is C50H48N4O5S5. The van der Waals surface area contributed by atoms with Crippen molar-refractivity contribution in [2.24, 2.45) is 0 Å². The summed E-state index contributed by atoms with van der Waals surface area (Å²) in [6.45, 7) is 7.09. The number of carboxylic acid groups (broad SMARTS) is 1. The van der Waals surface area contributed by atoms with Gasteiger partial charge in [0.1, 0.15) is 23.1 Å². The van der Waals surface area contributed by atoms with Gasteiger partial charge in [0.15, 0.2) is 0 Å². The lowest BCUT2D eigenvalue weighted by Crippen LogP contribution is -2.31. The molecule has 1 amide bonds. The smallest absolute Gasteiger partial charge is 0.305 e. The van der Waals surface area contributed by atoms with E-state index in [0.29, 0.717) is 23.1 Å².